The molecule has 1 heterocycles. The number of aryl methyl sites for hydroxylation is 1. The summed E-state index contributed by atoms with van der Waals surface area (Å²) in [6.07, 6.45) is 0.457. The van der Waals surface area contributed by atoms with E-state index < -0.39 is 0 Å². The van der Waals surface area contributed by atoms with E-state index in [0.717, 1.165) is 49.7 Å². The molecule has 0 spiro atoms. The third-order valence-electron chi connectivity index (χ3n) is 5.35. The van der Waals surface area contributed by atoms with Crippen LogP contribution in [0.3, 0.4) is 0 Å². The van der Waals surface area contributed by atoms with E-state index in [9.17, 15) is 9.18 Å². The molecule has 0 saturated carbocycles. The van der Waals surface area contributed by atoms with E-state index in [2.05, 4.69) is 25.8 Å². The lowest BCUT2D eigenvalue weighted by Crippen LogP contribution is -2.38. The van der Waals surface area contributed by atoms with Crippen molar-refractivity contribution in [1.82, 2.24) is 15.5 Å². The van der Waals surface area contributed by atoms with E-state index in [1.807, 2.05) is 30.3 Å². The standard InChI is InChI=1S/C24H32FN5O2/c1-18-6-7-20(15-22(18)25)17-28-24(26-2)27-16-19-4-3-5-21(14-19)29-23(31)8-9-30-10-12-32-13-11-30/h3-7,14-15H,8-13,16-17H2,1-2H3,(H,29,31)(H2,26,27,28). The molecule has 0 radical (unpaired) electrons. The topological polar surface area (TPSA) is 78.0 Å². The molecule has 2 aromatic rings. The van der Waals surface area contributed by atoms with E-state index in [0.29, 0.717) is 31.0 Å². The largest absolute Gasteiger partial charge is 0.379 e. The number of carbonyl (C=O) groups is 1. The van der Waals surface area contributed by atoms with Crippen molar-refractivity contribution in [2.75, 3.05) is 45.2 Å². The van der Waals surface area contributed by atoms with E-state index >= 15 is 0 Å². The summed E-state index contributed by atoms with van der Waals surface area (Å²) >= 11 is 0. The van der Waals surface area contributed by atoms with Gasteiger partial charge < -0.3 is 20.7 Å². The molecular formula is C24H32FN5O2. The first-order chi connectivity index (χ1) is 15.5. The normalized spacial score (nSPS) is 14.8. The van der Waals surface area contributed by atoms with Crippen molar-refractivity contribution in [3.63, 3.8) is 0 Å². The number of anilines is 1. The average Bonchev–Trinajstić information content (AvgIpc) is 2.81. The summed E-state index contributed by atoms with van der Waals surface area (Å²) in [5.74, 6) is 0.409. The Morgan fingerprint density at radius 3 is 2.50 bits per heavy atom. The Kier molecular flexibility index (Phi) is 9.01. The molecule has 0 atom stereocenters. The maximum absolute atomic E-state index is 13.7. The van der Waals surface area contributed by atoms with Gasteiger partial charge in [0.2, 0.25) is 5.91 Å². The number of hydrogen-bond acceptors (Lipinski definition) is 4. The third kappa shape index (κ3) is 7.62. The molecule has 3 rings (SSSR count). The van der Waals surface area contributed by atoms with Gasteiger partial charge in [0.1, 0.15) is 5.82 Å². The molecule has 2 aromatic carbocycles. The monoisotopic (exact) mass is 441 g/mol. The molecule has 172 valence electrons. The maximum atomic E-state index is 13.7. The van der Waals surface area contributed by atoms with E-state index in [-0.39, 0.29) is 11.7 Å². The minimum Gasteiger partial charge on any atom is -0.379 e. The number of rotatable bonds is 8. The smallest absolute Gasteiger partial charge is 0.225 e. The van der Waals surface area contributed by atoms with E-state index in [1.54, 1.807) is 20.0 Å². The van der Waals surface area contributed by atoms with Gasteiger partial charge >= 0.3 is 0 Å². The number of benzene rings is 2. The summed E-state index contributed by atoms with van der Waals surface area (Å²) in [6, 6.07) is 12.9. The van der Waals surface area contributed by atoms with Gasteiger partial charge in [0.25, 0.3) is 0 Å². The number of guanidine groups is 1. The number of halogens is 1. The lowest BCUT2D eigenvalue weighted by Gasteiger charge is -2.26. The molecule has 1 aliphatic heterocycles. The van der Waals surface area contributed by atoms with Crippen LogP contribution in [0.25, 0.3) is 0 Å². The molecule has 0 aliphatic carbocycles. The van der Waals surface area contributed by atoms with Crippen molar-refractivity contribution in [2.45, 2.75) is 26.4 Å². The molecular weight excluding hydrogens is 409 g/mol. The highest BCUT2D eigenvalue weighted by Crippen LogP contribution is 2.12. The van der Waals surface area contributed by atoms with Crippen molar-refractivity contribution in [3.8, 4) is 0 Å². The van der Waals surface area contributed by atoms with Gasteiger partial charge in [-0.15, -0.1) is 0 Å². The fourth-order valence-electron chi connectivity index (χ4n) is 3.41. The van der Waals surface area contributed by atoms with Gasteiger partial charge in [0.05, 0.1) is 13.2 Å². The van der Waals surface area contributed by atoms with Crippen LogP contribution in [-0.2, 0) is 22.6 Å². The van der Waals surface area contributed by atoms with Crippen LogP contribution < -0.4 is 16.0 Å². The zero-order valence-corrected chi connectivity index (χ0v) is 18.8. The number of aliphatic imine (C=N–C) groups is 1. The first kappa shape index (κ1) is 23.7. The number of hydrogen-bond donors (Lipinski definition) is 3. The summed E-state index contributed by atoms with van der Waals surface area (Å²) in [5, 5.41) is 9.40. The summed E-state index contributed by atoms with van der Waals surface area (Å²) in [5.41, 5.74) is 3.26. The van der Waals surface area contributed by atoms with Crippen LogP contribution in [0.2, 0.25) is 0 Å². The number of morpholine rings is 1. The number of amides is 1. The average molecular weight is 442 g/mol. The summed E-state index contributed by atoms with van der Waals surface area (Å²) in [7, 11) is 1.69. The van der Waals surface area contributed by atoms with Crippen LogP contribution in [0.15, 0.2) is 47.5 Å². The second-order valence-corrected chi connectivity index (χ2v) is 7.82. The molecule has 0 unspecified atom stereocenters. The highest BCUT2D eigenvalue weighted by atomic mass is 19.1. The first-order valence-corrected chi connectivity index (χ1v) is 10.9. The Bertz CT molecular complexity index is 928. The van der Waals surface area contributed by atoms with Gasteiger partial charge in [0.15, 0.2) is 5.96 Å². The summed E-state index contributed by atoms with van der Waals surface area (Å²) < 4.78 is 19.0. The zero-order valence-electron chi connectivity index (χ0n) is 18.8. The van der Waals surface area contributed by atoms with Gasteiger partial charge in [-0.2, -0.15) is 0 Å². The van der Waals surface area contributed by atoms with Gasteiger partial charge in [-0.05, 0) is 41.8 Å². The van der Waals surface area contributed by atoms with Crippen molar-refractivity contribution >= 4 is 17.6 Å². The SMILES string of the molecule is CN=C(NCc1cccc(NC(=O)CCN2CCOCC2)c1)NCc1ccc(C)c(F)c1. The molecule has 32 heavy (non-hydrogen) atoms. The Morgan fingerprint density at radius 2 is 1.81 bits per heavy atom. The van der Waals surface area contributed by atoms with Crippen LogP contribution in [-0.4, -0.2) is 56.7 Å². The Hall–Kier alpha value is -2.97. The van der Waals surface area contributed by atoms with E-state index in [4.69, 9.17) is 4.74 Å². The molecule has 8 heteroatoms. The highest BCUT2D eigenvalue weighted by Gasteiger charge is 2.12. The molecule has 7 nitrogen and oxygen atoms in total. The van der Waals surface area contributed by atoms with Crippen LogP contribution in [0.1, 0.15) is 23.1 Å². The molecule has 0 aromatic heterocycles. The van der Waals surface area contributed by atoms with Crippen LogP contribution in [0, 0.1) is 12.7 Å². The van der Waals surface area contributed by atoms with Crippen molar-refractivity contribution in [3.05, 3.63) is 65.0 Å². The number of nitrogens with one attached hydrogen (secondary N) is 3. The minimum absolute atomic E-state index is 0.00408. The lowest BCUT2D eigenvalue weighted by molar-refractivity contribution is -0.116. The third-order valence-corrected chi connectivity index (χ3v) is 5.35. The van der Waals surface area contributed by atoms with Crippen molar-refractivity contribution in [2.24, 2.45) is 4.99 Å². The van der Waals surface area contributed by atoms with E-state index in [1.165, 1.54) is 6.07 Å². The van der Waals surface area contributed by atoms with Gasteiger partial charge in [0, 0.05) is 51.9 Å². The Morgan fingerprint density at radius 1 is 1.09 bits per heavy atom. The van der Waals surface area contributed by atoms with Gasteiger partial charge in [-0.25, -0.2) is 4.39 Å². The minimum atomic E-state index is -0.212. The molecule has 1 fully saturated rings. The fourth-order valence-corrected chi connectivity index (χ4v) is 3.41. The van der Waals surface area contributed by atoms with Gasteiger partial charge in [-0.3, -0.25) is 14.7 Å². The molecule has 3 N–H and O–H groups in total. The number of carbonyl (C=O) groups excluding carboxylic acids is 1. The van der Waals surface area contributed by atoms with Crippen molar-refractivity contribution in [1.29, 1.82) is 0 Å². The highest BCUT2D eigenvalue weighted by molar-refractivity contribution is 5.90. The fraction of sp³-hybridized carbons (Fsp3) is 0.417. The molecule has 0 bridgehead atoms. The van der Waals surface area contributed by atoms with Gasteiger partial charge in [-0.1, -0.05) is 24.3 Å². The molecule has 1 aliphatic rings. The quantitative estimate of drug-likeness (QED) is 0.434. The summed E-state index contributed by atoms with van der Waals surface area (Å²) in [4.78, 5) is 18.8. The summed E-state index contributed by atoms with van der Waals surface area (Å²) in [6.45, 7) is 6.71. The van der Waals surface area contributed by atoms with Crippen LogP contribution >= 0.6 is 0 Å². The zero-order chi connectivity index (χ0) is 22.8. The van der Waals surface area contributed by atoms with Crippen LogP contribution in [0.4, 0.5) is 10.1 Å². The second-order valence-electron chi connectivity index (χ2n) is 7.82. The first-order valence-electron chi connectivity index (χ1n) is 10.9. The number of ether oxygens (including phenoxy) is 1. The lowest BCUT2D eigenvalue weighted by atomic mass is 10.1. The molecule has 1 amide bonds. The Labute approximate surface area is 189 Å². The second kappa shape index (κ2) is 12.2. The number of nitrogens with zero attached hydrogens (tertiary/aromatic N) is 2. The molecule has 1 saturated heterocycles. The predicted molar refractivity (Wildman–Crippen MR) is 125 cm³/mol. The van der Waals surface area contributed by atoms with Crippen molar-refractivity contribution < 1.29 is 13.9 Å². The van der Waals surface area contributed by atoms with Crippen LogP contribution in [0.5, 0.6) is 0 Å². The Balaban J connectivity index is 1.44. The predicted octanol–water partition coefficient (Wildman–Crippen LogP) is 2.66. The maximum Gasteiger partial charge on any atom is 0.225 e.